The molecule has 5 nitrogen and oxygen atoms in total. The molecule has 1 heterocycles. The number of carbonyl (C=O) groups is 1. The lowest BCUT2D eigenvalue weighted by Crippen LogP contribution is -2.48. The Bertz CT molecular complexity index is 323. The van der Waals surface area contributed by atoms with E-state index in [9.17, 15) is 4.79 Å². The van der Waals surface area contributed by atoms with E-state index in [2.05, 4.69) is 36.0 Å². The molecule has 0 radical (unpaired) electrons. The van der Waals surface area contributed by atoms with E-state index >= 15 is 0 Å². The summed E-state index contributed by atoms with van der Waals surface area (Å²) in [7, 11) is 3.52. The van der Waals surface area contributed by atoms with E-state index in [1.165, 1.54) is 6.42 Å². The van der Waals surface area contributed by atoms with Crippen LogP contribution in [0.25, 0.3) is 0 Å². The Kier molecular flexibility index (Phi) is 9.16. The number of hydrogen-bond acceptors (Lipinski definition) is 2. The molecule has 1 aliphatic rings. The van der Waals surface area contributed by atoms with E-state index in [0.29, 0.717) is 11.8 Å². The zero-order valence-electron chi connectivity index (χ0n) is 13.3. The number of likely N-dealkylation sites (N-methyl/N-ethyl adjacent to an activating group) is 1. The topological polar surface area (TPSA) is 47.9 Å². The van der Waals surface area contributed by atoms with Gasteiger partial charge in [-0.05, 0) is 25.2 Å². The second-order valence-corrected chi connectivity index (χ2v) is 5.81. The smallest absolute Gasteiger partial charge is 0.243 e. The maximum Gasteiger partial charge on any atom is 0.243 e. The maximum absolute atomic E-state index is 11.6. The van der Waals surface area contributed by atoms with E-state index in [1.54, 1.807) is 19.0 Å². The van der Waals surface area contributed by atoms with Gasteiger partial charge in [0.05, 0.1) is 0 Å². The summed E-state index contributed by atoms with van der Waals surface area (Å²) in [5, 5.41) is 3.29. The van der Waals surface area contributed by atoms with Crippen LogP contribution in [-0.4, -0.2) is 61.9 Å². The fourth-order valence-electron chi connectivity index (χ4n) is 2.55. The zero-order chi connectivity index (χ0) is 14.4. The molecule has 1 N–H and O–H groups in total. The zero-order valence-corrected chi connectivity index (χ0v) is 15.7. The molecule has 0 aliphatic carbocycles. The van der Waals surface area contributed by atoms with Gasteiger partial charge in [0.25, 0.3) is 0 Å². The highest BCUT2D eigenvalue weighted by Gasteiger charge is 2.24. The first-order chi connectivity index (χ1) is 8.93. The summed E-state index contributed by atoms with van der Waals surface area (Å²) in [6.45, 7) is 9.69. The van der Waals surface area contributed by atoms with E-state index in [-0.39, 0.29) is 36.4 Å². The Morgan fingerprint density at radius 1 is 1.30 bits per heavy atom. The lowest BCUT2D eigenvalue weighted by atomic mass is 9.92. The Morgan fingerprint density at radius 2 is 1.85 bits per heavy atom. The molecular weight excluding hydrogens is 367 g/mol. The molecule has 2 unspecified atom stereocenters. The number of piperidine rings is 1. The quantitative estimate of drug-likeness (QED) is 0.448. The largest absolute Gasteiger partial charge is 0.357 e. The van der Waals surface area contributed by atoms with Crippen LogP contribution in [0.4, 0.5) is 0 Å². The Balaban J connectivity index is 0.00000361. The molecule has 2 atom stereocenters. The van der Waals surface area contributed by atoms with Gasteiger partial charge in [0.1, 0.15) is 6.54 Å². The number of halogens is 1. The van der Waals surface area contributed by atoms with Gasteiger partial charge in [-0.25, -0.2) is 4.99 Å². The minimum Gasteiger partial charge on any atom is -0.357 e. The summed E-state index contributed by atoms with van der Waals surface area (Å²) >= 11 is 0. The summed E-state index contributed by atoms with van der Waals surface area (Å²) in [5.74, 6) is 2.26. The van der Waals surface area contributed by atoms with Crippen LogP contribution >= 0.6 is 24.0 Å². The molecule has 0 aromatic heterocycles. The average molecular weight is 396 g/mol. The van der Waals surface area contributed by atoms with Crippen molar-refractivity contribution in [2.45, 2.75) is 27.2 Å². The minimum absolute atomic E-state index is 0. The second-order valence-electron chi connectivity index (χ2n) is 5.81. The fourth-order valence-corrected chi connectivity index (χ4v) is 2.55. The van der Waals surface area contributed by atoms with Crippen LogP contribution in [0.1, 0.15) is 27.2 Å². The van der Waals surface area contributed by atoms with Gasteiger partial charge in [-0.2, -0.15) is 0 Å². The molecule has 1 rings (SSSR count). The molecule has 118 valence electrons. The molecule has 1 saturated heterocycles. The number of nitrogens with zero attached hydrogens (tertiary/aromatic N) is 3. The van der Waals surface area contributed by atoms with Crippen LogP contribution in [0.3, 0.4) is 0 Å². The number of carbonyl (C=O) groups excluding carboxylic acids is 1. The normalized spacial score (nSPS) is 23.1. The number of aliphatic imine (C=N–C) groups is 1. The lowest BCUT2D eigenvalue weighted by molar-refractivity contribution is -0.127. The van der Waals surface area contributed by atoms with Crippen molar-refractivity contribution in [1.29, 1.82) is 0 Å². The first-order valence-electron chi connectivity index (χ1n) is 7.17. The molecule has 0 spiro atoms. The van der Waals surface area contributed by atoms with Gasteiger partial charge < -0.3 is 15.1 Å². The predicted octanol–water partition coefficient (Wildman–Crippen LogP) is 1.64. The summed E-state index contributed by atoms with van der Waals surface area (Å²) < 4.78 is 0. The number of hydrogen-bond donors (Lipinski definition) is 1. The summed E-state index contributed by atoms with van der Waals surface area (Å²) in [6.07, 6.45) is 1.27. The number of amides is 1. The van der Waals surface area contributed by atoms with Gasteiger partial charge >= 0.3 is 0 Å². The van der Waals surface area contributed by atoms with Gasteiger partial charge in [0.15, 0.2) is 5.96 Å². The van der Waals surface area contributed by atoms with Gasteiger partial charge in [-0.15, -0.1) is 24.0 Å². The first-order valence-corrected chi connectivity index (χ1v) is 7.17. The molecule has 6 heteroatoms. The van der Waals surface area contributed by atoms with Crippen LogP contribution < -0.4 is 5.32 Å². The van der Waals surface area contributed by atoms with Crippen molar-refractivity contribution in [2.75, 3.05) is 40.3 Å². The number of rotatable bonds is 3. The fraction of sp³-hybridized carbons (Fsp3) is 0.857. The van der Waals surface area contributed by atoms with Crippen molar-refractivity contribution in [2.24, 2.45) is 16.8 Å². The van der Waals surface area contributed by atoms with Gasteiger partial charge in [-0.3, -0.25) is 4.79 Å². The van der Waals surface area contributed by atoms with Crippen molar-refractivity contribution in [3.05, 3.63) is 0 Å². The molecule has 1 fully saturated rings. The standard InChI is InChI=1S/C14H28N4O.HI/c1-6-15-14(16-8-13(19)17(4)5)18-9-11(2)7-12(3)10-18;/h11-12H,6-10H2,1-5H3,(H,15,16);1H. The molecule has 1 amide bonds. The molecule has 1 aliphatic heterocycles. The number of likely N-dealkylation sites (tertiary alicyclic amines) is 1. The van der Waals surface area contributed by atoms with Crippen molar-refractivity contribution in [1.82, 2.24) is 15.1 Å². The van der Waals surface area contributed by atoms with Gasteiger partial charge in [-0.1, -0.05) is 13.8 Å². The summed E-state index contributed by atoms with van der Waals surface area (Å²) in [5.41, 5.74) is 0. The maximum atomic E-state index is 11.6. The van der Waals surface area contributed by atoms with Crippen molar-refractivity contribution in [3.8, 4) is 0 Å². The highest BCUT2D eigenvalue weighted by atomic mass is 127. The number of guanidine groups is 1. The monoisotopic (exact) mass is 396 g/mol. The van der Waals surface area contributed by atoms with Crippen LogP contribution in [-0.2, 0) is 4.79 Å². The van der Waals surface area contributed by atoms with E-state index in [0.717, 1.165) is 25.6 Å². The second kappa shape index (κ2) is 9.41. The Labute approximate surface area is 140 Å². The highest BCUT2D eigenvalue weighted by Crippen LogP contribution is 2.20. The molecule has 0 aromatic rings. The van der Waals surface area contributed by atoms with Crippen molar-refractivity contribution >= 4 is 35.8 Å². The van der Waals surface area contributed by atoms with E-state index in [1.807, 2.05) is 0 Å². The lowest BCUT2D eigenvalue weighted by Gasteiger charge is -2.37. The Hall–Kier alpha value is -0.530. The third-order valence-electron chi connectivity index (χ3n) is 3.37. The van der Waals surface area contributed by atoms with Crippen LogP contribution in [0.2, 0.25) is 0 Å². The predicted molar refractivity (Wildman–Crippen MR) is 94.6 cm³/mol. The van der Waals surface area contributed by atoms with E-state index < -0.39 is 0 Å². The third-order valence-corrected chi connectivity index (χ3v) is 3.37. The first kappa shape index (κ1) is 19.5. The molecular formula is C14H29IN4O. The molecule has 0 saturated carbocycles. The molecule has 20 heavy (non-hydrogen) atoms. The van der Waals surface area contributed by atoms with E-state index in [4.69, 9.17) is 0 Å². The van der Waals surface area contributed by atoms with Crippen molar-refractivity contribution < 1.29 is 4.79 Å². The summed E-state index contributed by atoms with van der Waals surface area (Å²) in [6, 6.07) is 0. The van der Waals surface area contributed by atoms with Crippen LogP contribution in [0.15, 0.2) is 4.99 Å². The van der Waals surface area contributed by atoms with Crippen LogP contribution in [0.5, 0.6) is 0 Å². The van der Waals surface area contributed by atoms with Crippen LogP contribution in [0, 0.1) is 11.8 Å². The molecule has 0 bridgehead atoms. The third kappa shape index (κ3) is 6.28. The number of nitrogens with one attached hydrogen (secondary N) is 1. The van der Waals surface area contributed by atoms with Crippen molar-refractivity contribution in [3.63, 3.8) is 0 Å². The Morgan fingerprint density at radius 3 is 2.30 bits per heavy atom. The van der Waals surface area contributed by atoms with Gasteiger partial charge in [0, 0.05) is 33.7 Å². The minimum atomic E-state index is 0. The van der Waals surface area contributed by atoms with Gasteiger partial charge in [0.2, 0.25) is 5.91 Å². The average Bonchev–Trinajstić information content (AvgIpc) is 2.32. The SMILES string of the molecule is CCNC(=NCC(=O)N(C)C)N1CC(C)CC(C)C1.I. The molecule has 0 aromatic carbocycles. The summed E-state index contributed by atoms with van der Waals surface area (Å²) in [4.78, 5) is 20.0. The highest BCUT2D eigenvalue weighted by molar-refractivity contribution is 14.0.